The fourth-order valence-electron chi connectivity index (χ4n) is 5.56. The summed E-state index contributed by atoms with van der Waals surface area (Å²) in [5, 5.41) is 9.32. The van der Waals surface area contributed by atoms with Crippen LogP contribution in [0, 0.1) is 0 Å². The minimum Gasteiger partial charge on any atom is -0.452 e. The van der Waals surface area contributed by atoms with Gasteiger partial charge in [0.05, 0.1) is 0 Å². The molecule has 0 atom stereocenters. The molecule has 0 bridgehead atoms. The van der Waals surface area contributed by atoms with Crippen molar-refractivity contribution in [2.24, 2.45) is 0 Å². The Hall–Kier alpha value is -4.56. The first-order valence-electron chi connectivity index (χ1n) is 11.5. The maximum absolute atomic E-state index is 6.49. The van der Waals surface area contributed by atoms with Crippen molar-refractivity contribution in [1.29, 1.82) is 0 Å². The van der Waals surface area contributed by atoms with Crippen LogP contribution in [0.15, 0.2) is 118 Å². The molecule has 2 heteroatoms. The van der Waals surface area contributed by atoms with Gasteiger partial charge in [0.1, 0.15) is 11.2 Å². The molecule has 34 heavy (non-hydrogen) atoms. The summed E-state index contributed by atoms with van der Waals surface area (Å²) in [5.41, 5.74) is 5.79. The summed E-state index contributed by atoms with van der Waals surface area (Å²) in [4.78, 5) is 0. The average Bonchev–Trinajstić information content (AvgIpc) is 3.47. The van der Waals surface area contributed by atoms with Crippen molar-refractivity contribution >= 4 is 65.4 Å². The van der Waals surface area contributed by atoms with E-state index in [4.69, 9.17) is 8.83 Å². The number of benzene rings is 6. The van der Waals surface area contributed by atoms with Gasteiger partial charge in [-0.25, -0.2) is 0 Å². The molecule has 2 aromatic heterocycles. The Bertz CT molecular complexity index is 2070. The summed E-state index contributed by atoms with van der Waals surface area (Å²) < 4.78 is 12.9. The van der Waals surface area contributed by atoms with Crippen LogP contribution in [0.5, 0.6) is 0 Å². The molecular weight excluding hydrogens is 416 g/mol. The number of hydrogen-bond acceptors (Lipinski definition) is 2. The normalized spacial score (nSPS) is 12.1. The zero-order chi connectivity index (χ0) is 22.2. The van der Waals surface area contributed by atoms with Crippen molar-refractivity contribution in [2.45, 2.75) is 0 Å². The molecule has 0 aliphatic rings. The van der Waals surface area contributed by atoms with E-state index in [0.29, 0.717) is 0 Å². The number of para-hydroxylation sites is 1. The molecular formula is C32H18O2. The number of rotatable bonds is 1. The molecule has 0 N–H and O–H groups in total. The van der Waals surface area contributed by atoms with Gasteiger partial charge in [0, 0.05) is 21.5 Å². The van der Waals surface area contributed by atoms with E-state index in [2.05, 4.69) is 97.1 Å². The fraction of sp³-hybridized carbons (Fsp3) is 0. The summed E-state index contributed by atoms with van der Waals surface area (Å²) >= 11 is 0. The van der Waals surface area contributed by atoms with E-state index in [1.54, 1.807) is 0 Å². The molecule has 2 heterocycles. The molecule has 0 fully saturated rings. The van der Waals surface area contributed by atoms with E-state index in [-0.39, 0.29) is 0 Å². The monoisotopic (exact) mass is 434 g/mol. The van der Waals surface area contributed by atoms with Crippen LogP contribution >= 0.6 is 0 Å². The third-order valence-electron chi connectivity index (χ3n) is 7.06. The van der Waals surface area contributed by atoms with Crippen molar-refractivity contribution in [3.05, 3.63) is 109 Å². The van der Waals surface area contributed by atoms with Crippen LogP contribution in [0.1, 0.15) is 0 Å². The summed E-state index contributed by atoms with van der Waals surface area (Å²) in [5.74, 6) is 0. The summed E-state index contributed by atoms with van der Waals surface area (Å²) in [6.45, 7) is 0. The van der Waals surface area contributed by atoms with E-state index in [1.165, 1.54) is 32.7 Å². The highest BCUT2D eigenvalue weighted by atomic mass is 16.4. The second-order valence-corrected chi connectivity index (χ2v) is 8.89. The second kappa shape index (κ2) is 6.49. The third-order valence-corrected chi connectivity index (χ3v) is 7.06. The van der Waals surface area contributed by atoms with Crippen molar-refractivity contribution in [1.82, 2.24) is 0 Å². The van der Waals surface area contributed by atoms with Crippen molar-refractivity contribution < 1.29 is 8.83 Å². The Morgan fingerprint density at radius 1 is 0.412 bits per heavy atom. The molecule has 0 radical (unpaired) electrons. The maximum atomic E-state index is 6.49. The highest BCUT2D eigenvalue weighted by molar-refractivity contribution is 6.33. The molecule has 0 unspecified atom stereocenters. The molecule has 0 spiro atoms. The largest absolute Gasteiger partial charge is 0.452 e. The van der Waals surface area contributed by atoms with Gasteiger partial charge < -0.3 is 8.83 Å². The fourth-order valence-corrected chi connectivity index (χ4v) is 5.56. The molecule has 0 aliphatic heterocycles. The molecule has 8 rings (SSSR count). The van der Waals surface area contributed by atoms with Crippen LogP contribution in [-0.2, 0) is 0 Å². The molecule has 8 aromatic rings. The lowest BCUT2D eigenvalue weighted by atomic mass is 9.95. The van der Waals surface area contributed by atoms with Crippen LogP contribution in [0.3, 0.4) is 0 Å². The van der Waals surface area contributed by atoms with Crippen LogP contribution in [0.4, 0.5) is 0 Å². The van der Waals surface area contributed by atoms with Gasteiger partial charge >= 0.3 is 0 Å². The molecule has 6 aromatic carbocycles. The lowest BCUT2D eigenvalue weighted by molar-refractivity contribution is 0.633. The summed E-state index contributed by atoms with van der Waals surface area (Å²) in [6.07, 6.45) is 0. The Morgan fingerprint density at radius 3 is 1.79 bits per heavy atom. The van der Waals surface area contributed by atoms with Gasteiger partial charge in [-0.2, -0.15) is 0 Å². The highest BCUT2D eigenvalue weighted by Crippen LogP contribution is 2.45. The minimum absolute atomic E-state index is 0.815. The van der Waals surface area contributed by atoms with Crippen molar-refractivity contribution in [2.75, 3.05) is 0 Å². The van der Waals surface area contributed by atoms with Crippen LogP contribution in [0.2, 0.25) is 0 Å². The first-order chi connectivity index (χ1) is 16.9. The lowest BCUT2D eigenvalue weighted by Crippen LogP contribution is -1.82. The third kappa shape index (κ3) is 2.29. The van der Waals surface area contributed by atoms with E-state index in [0.717, 1.165) is 43.9 Å². The predicted molar refractivity (Wildman–Crippen MR) is 141 cm³/mol. The van der Waals surface area contributed by atoms with Crippen molar-refractivity contribution in [3.8, 4) is 11.1 Å². The zero-order valence-electron chi connectivity index (χ0n) is 18.2. The van der Waals surface area contributed by atoms with Gasteiger partial charge in [0.2, 0.25) is 0 Å². The topological polar surface area (TPSA) is 26.3 Å². The van der Waals surface area contributed by atoms with E-state index < -0.39 is 0 Å². The minimum atomic E-state index is 0.815. The molecule has 0 saturated heterocycles. The SMILES string of the molecule is c1ccc2c(-c3ccc4oc5c6oc7ccccc7c6c6ccccc6c5c4c3)cccc2c1. The number of fused-ring (bicyclic) bond motifs is 11. The van der Waals surface area contributed by atoms with Gasteiger partial charge in [-0.1, -0.05) is 91.0 Å². The number of furan rings is 2. The van der Waals surface area contributed by atoms with Gasteiger partial charge in [-0.3, -0.25) is 0 Å². The lowest BCUT2D eigenvalue weighted by Gasteiger charge is -2.07. The van der Waals surface area contributed by atoms with Crippen LogP contribution in [0.25, 0.3) is 76.5 Å². The Kier molecular flexibility index (Phi) is 3.42. The Balaban J connectivity index is 1.55. The quantitative estimate of drug-likeness (QED) is 0.257. The molecule has 0 aliphatic carbocycles. The summed E-state index contributed by atoms with van der Waals surface area (Å²) in [7, 11) is 0. The molecule has 0 amide bonds. The summed E-state index contributed by atoms with van der Waals surface area (Å²) in [6, 6.07) is 38.3. The molecule has 2 nitrogen and oxygen atoms in total. The van der Waals surface area contributed by atoms with Crippen LogP contribution in [-0.4, -0.2) is 0 Å². The maximum Gasteiger partial charge on any atom is 0.179 e. The standard InChI is InChI=1S/C32H18O2/c1-2-10-21-19(8-1)9-7-14-22(21)20-16-17-28-26(18-20)30-24-12-4-3-11-23(24)29-25-13-5-6-15-27(25)33-31(29)32(30)34-28/h1-18H. The molecule has 158 valence electrons. The first-order valence-corrected chi connectivity index (χ1v) is 11.5. The predicted octanol–water partition coefficient (Wildman–Crippen LogP) is 9.46. The number of hydrogen-bond donors (Lipinski definition) is 0. The van der Waals surface area contributed by atoms with Gasteiger partial charge in [-0.05, 0) is 50.9 Å². The van der Waals surface area contributed by atoms with Gasteiger partial charge in [0.25, 0.3) is 0 Å². The van der Waals surface area contributed by atoms with Gasteiger partial charge in [-0.15, -0.1) is 0 Å². The average molecular weight is 434 g/mol. The van der Waals surface area contributed by atoms with Crippen LogP contribution < -0.4 is 0 Å². The van der Waals surface area contributed by atoms with Gasteiger partial charge in [0.15, 0.2) is 11.2 Å². The Morgan fingerprint density at radius 2 is 1.00 bits per heavy atom. The first kappa shape index (κ1) is 17.9. The Labute approximate surface area is 194 Å². The molecule has 0 saturated carbocycles. The van der Waals surface area contributed by atoms with E-state index in [9.17, 15) is 0 Å². The van der Waals surface area contributed by atoms with E-state index >= 15 is 0 Å². The second-order valence-electron chi connectivity index (χ2n) is 8.89. The zero-order valence-corrected chi connectivity index (χ0v) is 18.2. The smallest absolute Gasteiger partial charge is 0.179 e. The van der Waals surface area contributed by atoms with Crippen molar-refractivity contribution in [3.63, 3.8) is 0 Å². The highest BCUT2D eigenvalue weighted by Gasteiger charge is 2.21. The van der Waals surface area contributed by atoms with E-state index in [1.807, 2.05) is 12.1 Å².